The summed E-state index contributed by atoms with van der Waals surface area (Å²) in [6.07, 6.45) is 4.43. The highest BCUT2D eigenvalue weighted by Gasteiger charge is 2.10. The van der Waals surface area contributed by atoms with E-state index < -0.39 is 5.97 Å². The third-order valence-corrected chi connectivity index (χ3v) is 2.70. The highest BCUT2D eigenvalue weighted by Crippen LogP contribution is 2.17. The molecule has 0 aliphatic rings. The van der Waals surface area contributed by atoms with E-state index in [4.69, 9.17) is 10.8 Å². The van der Waals surface area contributed by atoms with Crippen LogP contribution in [-0.4, -0.2) is 17.1 Å². The van der Waals surface area contributed by atoms with E-state index in [1.54, 1.807) is 0 Å². The minimum Gasteiger partial charge on any atom is -0.481 e. The average molecular weight is 215 g/mol. The summed E-state index contributed by atoms with van der Waals surface area (Å²) < 4.78 is 0. The number of carbonyl (C=O) groups is 1. The van der Waals surface area contributed by atoms with Crippen LogP contribution in [0.1, 0.15) is 52.9 Å². The molecule has 0 bridgehead atoms. The van der Waals surface area contributed by atoms with Crippen LogP contribution < -0.4 is 5.73 Å². The summed E-state index contributed by atoms with van der Waals surface area (Å²) in [5.74, 6) is 0.615. The minimum absolute atomic E-state index is 0.0941. The Morgan fingerprint density at radius 2 is 1.67 bits per heavy atom. The molecule has 0 aliphatic carbocycles. The summed E-state index contributed by atoms with van der Waals surface area (Å²) in [6.45, 7) is 6.67. The molecule has 0 fully saturated rings. The van der Waals surface area contributed by atoms with Crippen molar-refractivity contribution in [1.29, 1.82) is 0 Å². The van der Waals surface area contributed by atoms with Gasteiger partial charge in [0, 0.05) is 6.04 Å². The van der Waals surface area contributed by atoms with Gasteiger partial charge in [-0.15, -0.1) is 0 Å². The largest absolute Gasteiger partial charge is 0.481 e. The van der Waals surface area contributed by atoms with Gasteiger partial charge in [-0.3, -0.25) is 4.79 Å². The first kappa shape index (κ1) is 14.4. The van der Waals surface area contributed by atoms with E-state index in [0.717, 1.165) is 18.8 Å². The van der Waals surface area contributed by atoms with Crippen LogP contribution >= 0.6 is 0 Å². The Kier molecular flexibility index (Phi) is 7.39. The zero-order valence-electron chi connectivity index (χ0n) is 10.2. The molecule has 0 saturated carbocycles. The Hall–Kier alpha value is -0.570. The molecule has 0 heterocycles. The second-order valence-corrected chi connectivity index (χ2v) is 5.01. The van der Waals surface area contributed by atoms with Crippen LogP contribution in [0.5, 0.6) is 0 Å². The summed E-state index contributed by atoms with van der Waals surface area (Å²) in [5.41, 5.74) is 5.70. The third kappa shape index (κ3) is 9.73. The lowest BCUT2D eigenvalue weighted by molar-refractivity contribution is -0.137. The molecule has 3 heteroatoms. The fraction of sp³-hybridized carbons (Fsp3) is 0.917. The van der Waals surface area contributed by atoms with Crippen molar-refractivity contribution >= 4 is 5.97 Å². The molecule has 0 aromatic carbocycles. The van der Waals surface area contributed by atoms with Crippen molar-refractivity contribution in [3.05, 3.63) is 0 Å². The zero-order valence-corrected chi connectivity index (χ0v) is 10.2. The first-order valence-corrected chi connectivity index (χ1v) is 5.89. The SMILES string of the molecule is CC(C)CC[C@H](C)CC[C@H](N)CC(=O)O. The molecule has 3 nitrogen and oxygen atoms in total. The van der Waals surface area contributed by atoms with Crippen molar-refractivity contribution in [3.8, 4) is 0 Å². The topological polar surface area (TPSA) is 63.3 Å². The van der Waals surface area contributed by atoms with E-state index in [0.29, 0.717) is 5.92 Å². The molecule has 0 radical (unpaired) electrons. The van der Waals surface area contributed by atoms with Crippen LogP contribution in [0, 0.1) is 11.8 Å². The average Bonchev–Trinajstić information content (AvgIpc) is 2.10. The molecule has 15 heavy (non-hydrogen) atoms. The number of nitrogens with two attached hydrogens (primary N) is 1. The Morgan fingerprint density at radius 3 is 2.13 bits per heavy atom. The molecule has 0 amide bonds. The summed E-state index contributed by atoms with van der Waals surface area (Å²) in [5, 5.41) is 8.55. The Labute approximate surface area is 93.0 Å². The van der Waals surface area contributed by atoms with Gasteiger partial charge in [0.25, 0.3) is 0 Å². The summed E-state index contributed by atoms with van der Waals surface area (Å²) in [6, 6.07) is -0.177. The second-order valence-electron chi connectivity index (χ2n) is 5.01. The van der Waals surface area contributed by atoms with Gasteiger partial charge in [-0.25, -0.2) is 0 Å². The summed E-state index contributed by atoms with van der Waals surface area (Å²) >= 11 is 0. The molecule has 90 valence electrons. The first-order chi connectivity index (χ1) is 6.91. The van der Waals surface area contributed by atoms with Gasteiger partial charge < -0.3 is 10.8 Å². The maximum atomic E-state index is 10.4. The molecule has 0 rings (SSSR count). The van der Waals surface area contributed by atoms with Crippen molar-refractivity contribution in [3.63, 3.8) is 0 Å². The lowest BCUT2D eigenvalue weighted by atomic mass is 9.93. The van der Waals surface area contributed by atoms with Gasteiger partial charge in [-0.2, -0.15) is 0 Å². The van der Waals surface area contributed by atoms with Crippen molar-refractivity contribution in [2.45, 2.75) is 58.9 Å². The monoisotopic (exact) mass is 215 g/mol. The number of hydrogen-bond acceptors (Lipinski definition) is 2. The van der Waals surface area contributed by atoms with E-state index in [9.17, 15) is 4.79 Å². The normalized spacial score (nSPS) is 15.3. The molecule has 0 aromatic heterocycles. The molecule has 0 unspecified atom stereocenters. The van der Waals surface area contributed by atoms with Crippen molar-refractivity contribution in [1.82, 2.24) is 0 Å². The molecule has 0 spiro atoms. The van der Waals surface area contributed by atoms with Crippen LogP contribution in [0.15, 0.2) is 0 Å². The molecular formula is C12H25NO2. The second kappa shape index (κ2) is 7.69. The summed E-state index contributed by atoms with van der Waals surface area (Å²) in [4.78, 5) is 10.4. The smallest absolute Gasteiger partial charge is 0.304 e. The van der Waals surface area contributed by atoms with Gasteiger partial charge in [0.2, 0.25) is 0 Å². The fourth-order valence-corrected chi connectivity index (χ4v) is 1.59. The Morgan fingerprint density at radius 1 is 1.13 bits per heavy atom. The van der Waals surface area contributed by atoms with E-state index in [-0.39, 0.29) is 12.5 Å². The van der Waals surface area contributed by atoms with Gasteiger partial charge in [-0.05, 0) is 24.7 Å². The number of carboxylic acids is 1. The van der Waals surface area contributed by atoms with E-state index in [1.807, 2.05) is 0 Å². The lowest BCUT2D eigenvalue weighted by Crippen LogP contribution is -2.24. The molecular weight excluding hydrogens is 190 g/mol. The van der Waals surface area contributed by atoms with Gasteiger partial charge in [0.15, 0.2) is 0 Å². The zero-order chi connectivity index (χ0) is 11.8. The lowest BCUT2D eigenvalue weighted by Gasteiger charge is -2.15. The molecule has 0 saturated heterocycles. The Balaban J connectivity index is 3.52. The van der Waals surface area contributed by atoms with Gasteiger partial charge >= 0.3 is 5.97 Å². The van der Waals surface area contributed by atoms with Crippen LogP contribution in [0.25, 0.3) is 0 Å². The van der Waals surface area contributed by atoms with Crippen molar-refractivity contribution in [2.24, 2.45) is 17.6 Å². The predicted octanol–water partition coefficient (Wildman–Crippen LogP) is 2.64. The maximum Gasteiger partial charge on any atom is 0.304 e. The van der Waals surface area contributed by atoms with E-state index in [2.05, 4.69) is 20.8 Å². The van der Waals surface area contributed by atoms with Gasteiger partial charge in [-0.1, -0.05) is 33.6 Å². The van der Waals surface area contributed by atoms with Gasteiger partial charge in [0.05, 0.1) is 6.42 Å². The number of rotatable bonds is 8. The van der Waals surface area contributed by atoms with Crippen LogP contribution in [0.4, 0.5) is 0 Å². The predicted molar refractivity (Wildman–Crippen MR) is 62.7 cm³/mol. The highest BCUT2D eigenvalue weighted by atomic mass is 16.4. The van der Waals surface area contributed by atoms with E-state index >= 15 is 0 Å². The quantitative estimate of drug-likeness (QED) is 0.654. The number of carboxylic acid groups (broad SMARTS) is 1. The van der Waals surface area contributed by atoms with Crippen LogP contribution in [0.2, 0.25) is 0 Å². The standard InChI is InChI=1S/C12H25NO2/c1-9(2)4-5-10(3)6-7-11(13)8-12(14)15/h9-11H,4-8,13H2,1-3H3,(H,14,15)/t10-,11-/m0/s1. The van der Waals surface area contributed by atoms with Gasteiger partial charge in [0.1, 0.15) is 0 Å². The minimum atomic E-state index is -0.794. The fourth-order valence-electron chi connectivity index (χ4n) is 1.59. The third-order valence-electron chi connectivity index (χ3n) is 2.70. The van der Waals surface area contributed by atoms with Crippen molar-refractivity contribution < 1.29 is 9.90 Å². The van der Waals surface area contributed by atoms with Crippen LogP contribution in [0.3, 0.4) is 0 Å². The number of aliphatic carboxylic acids is 1. The van der Waals surface area contributed by atoms with E-state index in [1.165, 1.54) is 12.8 Å². The first-order valence-electron chi connectivity index (χ1n) is 5.89. The summed E-state index contributed by atoms with van der Waals surface area (Å²) in [7, 11) is 0. The van der Waals surface area contributed by atoms with Crippen LogP contribution in [-0.2, 0) is 4.79 Å². The highest BCUT2D eigenvalue weighted by molar-refractivity contribution is 5.67. The Bertz CT molecular complexity index is 180. The molecule has 0 aliphatic heterocycles. The number of hydrogen-bond donors (Lipinski definition) is 2. The molecule has 2 atom stereocenters. The molecule has 0 aromatic rings. The molecule has 3 N–H and O–H groups in total. The maximum absolute atomic E-state index is 10.4. The van der Waals surface area contributed by atoms with Crippen molar-refractivity contribution in [2.75, 3.05) is 0 Å².